The van der Waals surface area contributed by atoms with Gasteiger partial charge in [0.2, 0.25) is 0 Å². The highest BCUT2D eigenvalue weighted by atomic mass is 35.5. The van der Waals surface area contributed by atoms with Crippen LogP contribution in [0.5, 0.6) is 0 Å². The van der Waals surface area contributed by atoms with E-state index in [1.165, 1.54) is 24.3 Å². The van der Waals surface area contributed by atoms with Crippen LogP contribution in [0.2, 0.25) is 5.02 Å². The molecule has 5 heteroatoms. The topological polar surface area (TPSA) is 25.8 Å². The Morgan fingerprint density at radius 2 is 1.20 bits per heavy atom. The molecule has 0 saturated carbocycles. The third-order valence-corrected chi connectivity index (χ3v) is 4.06. The van der Waals surface area contributed by atoms with Crippen LogP contribution in [0.1, 0.15) is 0 Å². The highest BCUT2D eigenvalue weighted by Gasteiger charge is 2.14. The van der Waals surface area contributed by atoms with Gasteiger partial charge in [0.15, 0.2) is 0 Å². The summed E-state index contributed by atoms with van der Waals surface area (Å²) in [6.07, 6.45) is 0. The van der Waals surface area contributed by atoms with Gasteiger partial charge < -0.3 is 0 Å². The van der Waals surface area contributed by atoms with Crippen LogP contribution >= 0.6 is 11.6 Å². The maximum absolute atomic E-state index is 13.7. The lowest BCUT2D eigenvalue weighted by Gasteiger charge is -2.11. The summed E-state index contributed by atoms with van der Waals surface area (Å²) in [5, 5.41) is 0.533. The molecule has 4 rings (SSSR count). The quantitative estimate of drug-likeness (QED) is 0.449. The molecule has 0 unspecified atom stereocenters. The highest BCUT2D eigenvalue weighted by molar-refractivity contribution is 6.31. The van der Waals surface area contributed by atoms with E-state index in [-0.39, 0.29) is 11.6 Å². The van der Waals surface area contributed by atoms with Gasteiger partial charge in [-0.1, -0.05) is 35.9 Å². The molecule has 0 N–H and O–H groups in total. The van der Waals surface area contributed by atoms with Gasteiger partial charge in [-0.25, -0.2) is 18.7 Å². The van der Waals surface area contributed by atoms with Crippen LogP contribution in [-0.2, 0) is 0 Å². The fourth-order valence-electron chi connectivity index (χ4n) is 2.70. The van der Waals surface area contributed by atoms with Crippen LogP contribution in [0.3, 0.4) is 0 Å². The van der Waals surface area contributed by atoms with Crippen molar-refractivity contribution >= 4 is 22.6 Å². The number of halogens is 3. The molecule has 0 bridgehead atoms. The number of nitrogens with zero attached hydrogens (tertiary/aromatic N) is 2. The van der Waals surface area contributed by atoms with Crippen molar-refractivity contribution in [1.29, 1.82) is 0 Å². The van der Waals surface area contributed by atoms with Crippen molar-refractivity contribution in [3.05, 3.63) is 83.4 Å². The van der Waals surface area contributed by atoms with E-state index in [9.17, 15) is 8.78 Å². The molecule has 0 aliphatic rings. The molecule has 0 atom stereocenters. The van der Waals surface area contributed by atoms with Gasteiger partial charge in [-0.15, -0.1) is 0 Å². The molecular weight excluding hydrogens is 342 g/mol. The molecule has 1 aromatic heterocycles. The fourth-order valence-corrected chi connectivity index (χ4v) is 2.87. The lowest BCUT2D eigenvalue weighted by atomic mass is 10.0. The van der Waals surface area contributed by atoms with Crippen molar-refractivity contribution in [2.45, 2.75) is 0 Å². The Bertz CT molecular complexity index is 1100. The zero-order valence-corrected chi connectivity index (χ0v) is 13.6. The maximum Gasteiger partial charge on any atom is 0.123 e. The standard InChI is InChI=1S/C20H11ClF2N2/c21-14-7-8-17-18(11-14)25-20(13-4-2-6-16(23)10-13)19(24-17)12-3-1-5-15(22)9-12/h1-11H. The molecule has 1 heterocycles. The van der Waals surface area contributed by atoms with E-state index in [4.69, 9.17) is 11.6 Å². The predicted molar refractivity (Wildman–Crippen MR) is 95.3 cm³/mol. The lowest BCUT2D eigenvalue weighted by Crippen LogP contribution is -1.96. The van der Waals surface area contributed by atoms with Gasteiger partial charge >= 0.3 is 0 Å². The Balaban J connectivity index is 2.05. The summed E-state index contributed by atoms with van der Waals surface area (Å²) >= 11 is 6.04. The molecule has 0 amide bonds. The molecule has 122 valence electrons. The van der Waals surface area contributed by atoms with E-state index in [1.54, 1.807) is 42.5 Å². The molecule has 0 fully saturated rings. The second-order valence-electron chi connectivity index (χ2n) is 5.57. The van der Waals surface area contributed by atoms with Crippen molar-refractivity contribution < 1.29 is 8.78 Å². The smallest absolute Gasteiger partial charge is 0.123 e. The minimum absolute atomic E-state index is 0.374. The summed E-state index contributed by atoms with van der Waals surface area (Å²) in [6, 6.07) is 17.3. The number of hydrogen-bond acceptors (Lipinski definition) is 2. The minimum atomic E-state index is -0.379. The molecule has 0 radical (unpaired) electrons. The Morgan fingerprint density at radius 1 is 0.640 bits per heavy atom. The van der Waals surface area contributed by atoms with E-state index in [2.05, 4.69) is 9.97 Å². The molecular formula is C20H11ClF2N2. The average molecular weight is 353 g/mol. The summed E-state index contributed by atoms with van der Waals surface area (Å²) in [4.78, 5) is 9.24. The zero-order valence-electron chi connectivity index (χ0n) is 12.9. The second kappa shape index (κ2) is 6.22. The van der Waals surface area contributed by atoms with Crippen molar-refractivity contribution in [1.82, 2.24) is 9.97 Å². The van der Waals surface area contributed by atoms with Crippen LogP contribution in [0, 0.1) is 11.6 Å². The van der Waals surface area contributed by atoms with Gasteiger partial charge in [-0.2, -0.15) is 0 Å². The third kappa shape index (κ3) is 3.08. The Kier molecular flexibility index (Phi) is 3.90. The molecule has 0 aliphatic carbocycles. The van der Waals surface area contributed by atoms with Crippen LogP contribution in [0.25, 0.3) is 33.5 Å². The van der Waals surface area contributed by atoms with Crippen LogP contribution in [-0.4, -0.2) is 9.97 Å². The lowest BCUT2D eigenvalue weighted by molar-refractivity contribution is 0.627. The number of aromatic nitrogens is 2. The Labute approximate surface area is 147 Å². The zero-order chi connectivity index (χ0) is 17.4. The number of rotatable bonds is 2. The van der Waals surface area contributed by atoms with Gasteiger partial charge in [0, 0.05) is 16.1 Å². The monoisotopic (exact) mass is 352 g/mol. The van der Waals surface area contributed by atoms with Crippen LogP contribution in [0.15, 0.2) is 66.7 Å². The predicted octanol–water partition coefficient (Wildman–Crippen LogP) is 5.90. The van der Waals surface area contributed by atoms with E-state index in [0.29, 0.717) is 38.6 Å². The minimum Gasteiger partial charge on any atom is -0.244 e. The summed E-state index contributed by atoms with van der Waals surface area (Å²) in [6.45, 7) is 0. The van der Waals surface area contributed by atoms with Gasteiger partial charge in [0.25, 0.3) is 0 Å². The van der Waals surface area contributed by atoms with E-state index < -0.39 is 0 Å². The van der Waals surface area contributed by atoms with Gasteiger partial charge in [-0.05, 0) is 42.5 Å². The first-order chi connectivity index (χ1) is 12.1. The maximum atomic E-state index is 13.7. The van der Waals surface area contributed by atoms with Crippen molar-refractivity contribution in [3.8, 4) is 22.5 Å². The number of fused-ring (bicyclic) bond motifs is 1. The first-order valence-electron chi connectivity index (χ1n) is 7.59. The molecule has 4 aromatic rings. The van der Waals surface area contributed by atoms with Gasteiger partial charge in [0.05, 0.1) is 22.4 Å². The Hall–Kier alpha value is -2.85. The van der Waals surface area contributed by atoms with E-state index in [1.807, 2.05) is 0 Å². The summed E-state index contributed by atoms with van der Waals surface area (Å²) in [7, 11) is 0. The molecule has 0 spiro atoms. The molecule has 0 aliphatic heterocycles. The fraction of sp³-hybridized carbons (Fsp3) is 0. The van der Waals surface area contributed by atoms with Gasteiger partial charge in [-0.3, -0.25) is 0 Å². The van der Waals surface area contributed by atoms with Crippen molar-refractivity contribution in [3.63, 3.8) is 0 Å². The SMILES string of the molecule is Fc1cccc(-c2nc3ccc(Cl)cc3nc2-c2cccc(F)c2)c1. The van der Waals surface area contributed by atoms with E-state index in [0.717, 1.165) is 0 Å². The largest absolute Gasteiger partial charge is 0.244 e. The van der Waals surface area contributed by atoms with Crippen LogP contribution in [0.4, 0.5) is 8.78 Å². The summed E-state index contributed by atoms with van der Waals surface area (Å²) in [5.41, 5.74) is 3.31. The van der Waals surface area contributed by atoms with Crippen LogP contribution < -0.4 is 0 Å². The third-order valence-electron chi connectivity index (χ3n) is 3.82. The summed E-state index contributed by atoms with van der Waals surface area (Å²) < 4.78 is 27.4. The molecule has 25 heavy (non-hydrogen) atoms. The molecule has 2 nitrogen and oxygen atoms in total. The summed E-state index contributed by atoms with van der Waals surface area (Å²) in [5.74, 6) is -0.753. The average Bonchev–Trinajstić information content (AvgIpc) is 2.60. The van der Waals surface area contributed by atoms with E-state index >= 15 is 0 Å². The molecule has 0 saturated heterocycles. The first-order valence-corrected chi connectivity index (χ1v) is 7.97. The van der Waals surface area contributed by atoms with Gasteiger partial charge in [0.1, 0.15) is 11.6 Å². The van der Waals surface area contributed by atoms with Crippen molar-refractivity contribution in [2.24, 2.45) is 0 Å². The second-order valence-corrected chi connectivity index (χ2v) is 6.01. The first kappa shape index (κ1) is 15.7. The molecule has 3 aromatic carbocycles. The Morgan fingerprint density at radius 3 is 1.76 bits per heavy atom. The highest BCUT2D eigenvalue weighted by Crippen LogP contribution is 2.32. The number of benzene rings is 3. The number of hydrogen-bond donors (Lipinski definition) is 0. The van der Waals surface area contributed by atoms with Crippen molar-refractivity contribution in [2.75, 3.05) is 0 Å². The normalized spacial score (nSPS) is 11.0.